The fraction of sp³-hybridized carbons (Fsp3) is 0.250. The average Bonchev–Trinajstić information content (AvgIpc) is 3.10. The van der Waals surface area contributed by atoms with Gasteiger partial charge in [-0.25, -0.2) is 4.98 Å². The number of ketones is 1. The van der Waals surface area contributed by atoms with E-state index in [-0.39, 0.29) is 5.78 Å². The van der Waals surface area contributed by atoms with Gasteiger partial charge in [-0.1, -0.05) is 42.0 Å². The SMILES string of the molecule is COc1cc(C)c(C=CC(C)=CC=CC=CC(=O)c2nccn2C)c(C)c1C. The van der Waals surface area contributed by atoms with Gasteiger partial charge in [-0.05, 0) is 62.1 Å². The quantitative estimate of drug-likeness (QED) is 0.374. The third-order valence-electron chi connectivity index (χ3n) is 4.71. The molecule has 0 saturated heterocycles. The molecular formula is C24H28N2O2. The van der Waals surface area contributed by atoms with Crippen molar-refractivity contribution in [3.8, 4) is 5.75 Å². The molecule has 0 fully saturated rings. The van der Waals surface area contributed by atoms with E-state index in [4.69, 9.17) is 4.74 Å². The van der Waals surface area contributed by atoms with E-state index >= 15 is 0 Å². The number of methoxy groups -OCH3 is 1. The number of nitrogens with zero attached hydrogens (tertiary/aromatic N) is 2. The molecule has 0 aliphatic heterocycles. The number of hydrogen-bond donors (Lipinski definition) is 0. The van der Waals surface area contributed by atoms with Crippen LogP contribution >= 0.6 is 0 Å². The van der Waals surface area contributed by atoms with Crippen LogP contribution in [0.2, 0.25) is 0 Å². The first-order valence-corrected chi connectivity index (χ1v) is 9.21. The molecule has 0 saturated carbocycles. The van der Waals surface area contributed by atoms with Crippen molar-refractivity contribution in [2.24, 2.45) is 7.05 Å². The second-order valence-corrected chi connectivity index (χ2v) is 6.77. The number of ether oxygens (including phenoxy) is 1. The van der Waals surface area contributed by atoms with Gasteiger partial charge in [-0.3, -0.25) is 4.79 Å². The average molecular weight is 377 g/mol. The predicted molar refractivity (Wildman–Crippen MR) is 116 cm³/mol. The van der Waals surface area contributed by atoms with Gasteiger partial charge in [-0.2, -0.15) is 0 Å². The van der Waals surface area contributed by atoms with Gasteiger partial charge >= 0.3 is 0 Å². The van der Waals surface area contributed by atoms with Crippen molar-refractivity contribution in [2.45, 2.75) is 27.7 Å². The Hall–Kier alpha value is -3.14. The van der Waals surface area contributed by atoms with E-state index in [9.17, 15) is 4.79 Å². The van der Waals surface area contributed by atoms with Crippen molar-refractivity contribution in [3.63, 3.8) is 0 Å². The predicted octanol–water partition coefficient (Wildman–Crippen LogP) is 5.31. The van der Waals surface area contributed by atoms with Crippen molar-refractivity contribution >= 4 is 11.9 Å². The van der Waals surface area contributed by atoms with Gasteiger partial charge in [-0.15, -0.1) is 0 Å². The molecule has 1 aromatic heterocycles. The van der Waals surface area contributed by atoms with Gasteiger partial charge in [0.25, 0.3) is 0 Å². The zero-order chi connectivity index (χ0) is 20.7. The maximum atomic E-state index is 12.0. The Morgan fingerprint density at radius 1 is 1.11 bits per heavy atom. The second-order valence-electron chi connectivity index (χ2n) is 6.77. The Balaban J connectivity index is 2.04. The Morgan fingerprint density at radius 3 is 2.50 bits per heavy atom. The minimum atomic E-state index is -0.112. The lowest BCUT2D eigenvalue weighted by atomic mass is 9.96. The monoisotopic (exact) mass is 376 g/mol. The molecular weight excluding hydrogens is 348 g/mol. The summed E-state index contributed by atoms with van der Waals surface area (Å²) in [5, 5.41) is 0. The number of carbonyl (C=O) groups is 1. The molecule has 4 nitrogen and oxygen atoms in total. The molecule has 0 radical (unpaired) electrons. The summed E-state index contributed by atoms with van der Waals surface area (Å²) in [6.07, 6.45) is 16.6. The molecule has 2 rings (SSSR count). The van der Waals surface area contributed by atoms with E-state index < -0.39 is 0 Å². The van der Waals surface area contributed by atoms with E-state index in [2.05, 4.69) is 44.0 Å². The first-order chi connectivity index (χ1) is 13.3. The third kappa shape index (κ3) is 5.19. The van der Waals surface area contributed by atoms with E-state index in [0.717, 1.165) is 16.9 Å². The lowest BCUT2D eigenvalue weighted by Crippen LogP contribution is -2.03. The van der Waals surface area contributed by atoms with Crippen LogP contribution in [0.25, 0.3) is 6.08 Å². The number of aryl methyl sites for hydroxylation is 2. The standard InChI is InChI=1S/C24H28N2O2/c1-17(10-8-7-9-11-22(27)24-25-14-15-26(24)5)12-13-21-18(2)16-23(28-6)20(4)19(21)3/h7-16H,1-6H3. The highest BCUT2D eigenvalue weighted by atomic mass is 16.5. The summed E-state index contributed by atoms with van der Waals surface area (Å²) in [5.74, 6) is 1.24. The zero-order valence-corrected chi connectivity index (χ0v) is 17.5. The number of aromatic nitrogens is 2. The van der Waals surface area contributed by atoms with Crippen LogP contribution in [0.4, 0.5) is 0 Å². The second kappa shape index (κ2) is 9.70. The van der Waals surface area contributed by atoms with E-state index in [0.29, 0.717) is 5.82 Å². The van der Waals surface area contributed by atoms with Gasteiger partial charge in [0.2, 0.25) is 5.78 Å². The van der Waals surface area contributed by atoms with Crippen LogP contribution in [-0.4, -0.2) is 22.4 Å². The smallest absolute Gasteiger partial charge is 0.221 e. The van der Waals surface area contributed by atoms with Crippen molar-refractivity contribution in [2.75, 3.05) is 7.11 Å². The highest BCUT2D eigenvalue weighted by Crippen LogP contribution is 2.28. The summed E-state index contributed by atoms with van der Waals surface area (Å²) in [4.78, 5) is 16.0. The molecule has 0 atom stereocenters. The van der Waals surface area contributed by atoms with Gasteiger partial charge < -0.3 is 9.30 Å². The van der Waals surface area contributed by atoms with Gasteiger partial charge in [0.05, 0.1) is 7.11 Å². The summed E-state index contributed by atoms with van der Waals surface area (Å²) in [6.45, 7) is 8.34. The molecule has 1 heterocycles. The first-order valence-electron chi connectivity index (χ1n) is 9.21. The van der Waals surface area contributed by atoms with Gasteiger partial charge in [0, 0.05) is 19.4 Å². The Bertz CT molecular complexity index is 973. The number of rotatable bonds is 7. The Labute approximate surface area is 167 Å². The largest absolute Gasteiger partial charge is 0.496 e. The number of benzene rings is 1. The van der Waals surface area contributed by atoms with Gasteiger partial charge in [0.15, 0.2) is 5.82 Å². The summed E-state index contributed by atoms with van der Waals surface area (Å²) in [7, 11) is 3.50. The van der Waals surface area contributed by atoms with Crippen molar-refractivity contribution in [1.29, 1.82) is 0 Å². The minimum absolute atomic E-state index is 0.112. The maximum Gasteiger partial charge on any atom is 0.221 e. The zero-order valence-electron chi connectivity index (χ0n) is 17.5. The minimum Gasteiger partial charge on any atom is -0.496 e. The molecule has 4 heteroatoms. The molecule has 28 heavy (non-hydrogen) atoms. The fourth-order valence-corrected chi connectivity index (χ4v) is 2.90. The molecule has 1 aromatic carbocycles. The molecule has 0 unspecified atom stereocenters. The van der Waals surface area contributed by atoms with Crippen LogP contribution < -0.4 is 4.74 Å². The van der Waals surface area contributed by atoms with Crippen molar-refractivity contribution in [3.05, 3.63) is 88.6 Å². The molecule has 146 valence electrons. The highest BCUT2D eigenvalue weighted by molar-refractivity contribution is 6.01. The molecule has 0 N–H and O–H groups in total. The van der Waals surface area contributed by atoms with Crippen LogP contribution in [0.5, 0.6) is 5.75 Å². The van der Waals surface area contributed by atoms with E-state index in [1.54, 1.807) is 37.2 Å². The van der Waals surface area contributed by atoms with Crippen LogP contribution in [-0.2, 0) is 7.05 Å². The van der Waals surface area contributed by atoms with Crippen LogP contribution in [0.3, 0.4) is 0 Å². The van der Waals surface area contributed by atoms with Crippen LogP contribution in [0.1, 0.15) is 39.8 Å². The molecule has 0 aliphatic carbocycles. The number of hydrogen-bond acceptors (Lipinski definition) is 3. The topological polar surface area (TPSA) is 44.1 Å². The van der Waals surface area contributed by atoms with E-state index in [1.165, 1.54) is 22.8 Å². The third-order valence-corrected chi connectivity index (χ3v) is 4.71. The Kier molecular flexibility index (Phi) is 7.33. The van der Waals surface area contributed by atoms with Crippen LogP contribution in [0.15, 0.2) is 60.5 Å². The molecule has 0 spiro atoms. The van der Waals surface area contributed by atoms with Crippen LogP contribution in [0, 0.1) is 20.8 Å². The van der Waals surface area contributed by atoms with Gasteiger partial charge in [0.1, 0.15) is 5.75 Å². The number of imidazole rings is 1. The Morgan fingerprint density at radius 2 is 1.86 bits per heavy atom. The van der Waals surface area contributed by atoms with Crippen molar-refractivity contribution < 1.29 is 9.53 Å². The highest BCUT2D eigenvalue weighted by Gasteiger charge is 2.08. The number of allylic oxidation sites excluding steroid dienone is 7. The molecule has 0 bridgehead atoms. The summed E-state index contributed by atoms with van der Waals surface area (Å²) in [6, 6.07) is 2.07. The van der Waals surface area contributed by atoms with E-state index in [1.807, 2.05) is 25.2 Å². The summed E-state index contributed by atoms with van der Waals surface area (Å²) < 4.78 is 7.13. The first kappa shape index (κ1) is 21.2. The fourth-order valence-electron chi connectivity index (χ4n) is 2.90. The molecule has 2 aromatic rings. The summed E-state index contributed by atoms with van der Waals surface area (Å²) >= 11 is 0. The van der Waals surface area contributed by atoms with Crippen molar-refractivity contribution in [1.82, 2.24) is 9.55 Å². The summed E-state index contributed by atoms with van der Waals surface area (Å²) in [5.41, 5.74) is 5.92. The lowest BCUT2D eigenvalue weighted by Gasteiger charge is -2.13. The normalized spacial score (nSPS) is 12.6. The molecule has 0 amide bonds. The maximum absolute atomic E-state index is 12.0. The number of carbonyl (C=O) groups excluding carboxylic acids is 1. The lowest BCUT2D eigenvalue weighted by molar-refractivity contribution is 0.103. The molecule has 0 aliphatic rings.